The fourth-order valence-electron chi connectivity index (χ4n) is 3.16. The summed E-state index contributed by atoms with van der Waals surface area (Å²) in [6.07, 6.45) is 2.29. The molecule has 1 aliphatic rings. The third kappa shape index (κ3) is 1.98. The van der Waals surface area contributed by atoms with Gasteiger partial charge in [0.05, 0.1) is 0 Å². The van der Waals surface area contributed by atoms with Crippen LogP contribution in [-0.2, 0) is 12.8 Å². The molecule has 0 radical (unpaired) electrons. The lowest BCUT2D eigenvalue weighted by molar-refractivity contribution is 0.364. The molecule has 1 aliphatic carbocycles. The first kappa shape index (κ1) is 12.4. The molecule has 4 heteroatoms. The zero-order valence-corrected chi connectivity index (χ0v) is 12.2. The van der Waals surface area contributed by atoms with Gasteiger partial charge < -0.3 is 9.84 Å². The van der Waals surface area contributed by atoms with Crippen molar-refractivity contribution in [2.75, 3.05) is 5.32 Å². The molecule has 0 saturated carbocycles. The van der Waals surface area contributed by atoms with Gasteiger partial charge in [0.1, 0.15) is 6.04 Å². The van der Waals surface area contributed by atoms with Gasteiger partial charge in [-0.2, -0.15) is 4.98 Å². The first-order valence-electron chi connectivity index (χ1n) is 7.32. The average Bonchev–Trinajstić information content (AvgIpc) is 3.10. The minimum atomic E-state index is -0.00957. The number of nitrogens with zero attached hydrogens (tertiary/aromatic N) is 2. The van der Waals surface area contributed by atoms with Crippen LogP contribution in [-0.4, -0.2) is 10.1 Å². The van der Waals surface area contributed by atoms with Gasteiger partial charge >= 0.3 is 0 Å². The maximum Gasteiger partial charge on any atom is 0.248 e. The van der Waals surface area contributed by atoms with Crippen molar-refractivity contribution in [3.63, 3.8) is 0 Å². The predicted molar refractivity (Wildman–Crippen MR) is 82.4 cm³/mol. The SMILES string of the molecule is Cc1noc([C@@H](C)Nc2ccc3c4c(cccc24)CC3)n1. The zero-order valence-electron chi connectivity index (χ0n) is 12.2. The summed E-state index contributed by atoms with van der Waals surface area (Å²) in [7, 11) is 0. The molecule has 0 saturated heterocycles. The molecule has 0 spiro atoms. The maximum atomic E-state index is 5.25. The van der Waals surface area contributed by atoms with E-state index >= 15 is 0 Å². The molecule has 3 aromatic rings. The molecule has 1 aromatic heterocycles. The first-order valence-corrected chi connectivity index (χ1v) is 7.32. The monoisotopic (exact) mass is 279 g/mol. The van der Waals surface area contributed by atoms with E-state index in [1.165, 1.54) is 21.9 Å². The van der Waals surface area contributed by atoms with E-state index in [0.29, 0.717) is 11.7 Å². The first-order chi connectivity index (χ1) is 10.2. The summed E-state index contributed by atoms with van der Waals surface area (Å²) in [5, 5.41) is 10.1. The number of anilines is 1. The Hall–Kier alpha value is -2.36. The molecule has 1 N–H and O–H groups in total. The molecule has 0 fully saturated rings. The Balaban J connectivity index is 1.75. The largest absolute Gasteiger partial charge is 0.373 e. The summed E-state index contributed by atoms with van der Waals surface area (Å²) in [5.74, 6) is 1.29. The Kier molecular flexibility index (Phi) is 2.70. The van der Waals surface area contributed by atoms with Crippen molar-refractivity contribution in [3.8, 4) is 0 Å². The Morgan fingerprint density at radius 3 is 2.71 bits per heavy atom. The van der Waals surface area contributed by atoms with Crippen molar-refractivity contribution in [2.45, 2.75) is 32.7 Å². The topological polar surface area (TPSA) is 51.0 Å². The number of aromatic nitrogens is 2. The predicted octanol–water partition coefficient (Wildman–Crippen LogP) is 3.80. The minimum absolute atomic E-state index is 0.00957. The standard InChI is InChI=1S/C17H17N3O/c1-10(17-19-11(2)20-21-17)18-15-9-8-13-7-6-12-4-3-5-14(15)16(12)13/h3-5,8-10,18H,6-7H2,1-2H3/t10-/m1/s1. The lowest BCUT2D eigenvalue weighted by Gasteiger charge is -2.14. The van der Waals surface area contributed by atoms with E-state index in [2.05, 4.69) is 45.8 Å². The summed E-state index contributed by atoms with van der Waals surface area (Å²) in [6.45, 7) is 3.87. The van der Waals surface area contributed by atoms with Crippen molar-refractivity contribution in [2.24, 2.45) is 0 Å². The summed E-state index contributed by atoms with van der Waals surface area (Å²) in [6, 6.07) is 10.9. The van der Waals surface area contributed by atoms with Crippen molar-refractivity contribution < 1.29 is 4.52 Å². The average molecular weight is 279 g/mol. The van der Waals surface area contributed by atoms with Gasteiger partial charge in [0.15, 0.2) is 5.82 Å². The van der Waals surface area contributed by atoms with Crippen molar-refractivity contribution in [1.29, 1.82) is 0 Å². The number of nitrogens with one attached hydrogen (secondary N) is 1. The third-order valence-electron chi connectivity index (χ3n) is 4.16. The van der Waals surface area contributed by atoms with E-state index in [9.17, 15) is 0 Å². The Morgan fingerprint density at radius 2 is 1.95 bits per heavy atom. The van der Waals surface area contributed by atoms with Crippen LogP contribution >= 0.6 is 0 Å². The van der Waals surface area contributed by atoms with Gasteiger partial charge in [-0.3, -0.25) is 0 Å². The Bertz CT molecular complexity index is 812. The highest BCUT2D eigenvalue weighted by Crippen LogP contribution is 2.36. The van der Waals surface area contributed by atoms with Crippen LogP contribution in [0.2, 0.25) is 0 Å². The summed E-state index contributed by atoms with van der Waals surface area (Å²) in [4.78, 5) is 4.29. The van der Waals surface area contributed by atoms with Gasteiger partial charge in [0, 0.05) is 11.1 Å². The lowest BCUT2D eigenvalue weighted by Crippen LogP contribution is -2.07. The van der Waals surface area contributed by atoms with Crippen LogP contribution in [0.5, 0.6) is 0 Å². The molecule has 1 atom stereocenters. The number of hydrogen-bond donors (Lipinski definition) is 1. The molecule has 106 valence electrons. The fraction of sp³-hybridized carbons (Fsp3) is 0.294. The maximum absolute atomic E-state index is 5.25. The van der Waals surface area contributed by atoms with Crippen LogP contribution in [0.15, 0.2) is 34.9 Å². The van der Waals surface area contributed by atoms with Crippen LogP contribution < -0.4 is 5.32 Å². The van der Waals surface area contributed by atoms with E-state index in [1.807, 2.05) is 13.8 Å². The molecule has 4 rings (SSSR count). The summed E-state index contributed by atoms with van der Waals surface area (Å²) in [5.41, 5.74) is 4.03. The van der Waals surface area contributed by atoms with Gasteiger partial charge in [0.25, 0.3) is 0 Å². The Morgan fingerprint density at radius 1 is 1.14 bits per heavy atom. The normalized spacial score (nSPS) is 14.6. The second-order valence-electron chi connectivity index (χ2n) is 5.66. The second kappa shape index (κ2) is 4.58. The van der Waals surface area contributed by atoms with Gasteiger partial charge in [0.2, 0.25) is 5.89 Å². The van der Waals surface area contributed by atoms with E-state index in [4.69, 9.17) is 4.52 Å². The number of aryl methyl sites for hydroxylation is 3. The van der Waals surface area contributed by atoms with Crippen LogP contribution in [0, 0.1) is 6.92 Å². The molecule has 0 bridgehead atoms. The molecule has 4 nitrogen and oxygen atoms in total. The number of benzene rings is 2. The van der Waals surface area contributed by atoms with Crippen LogP contribution in [0.25, 0.3) is 10.8 Å². The van der Waals surface area contributed by atoms with E-state index in [0.717, 1.165) is 18.5 Å². The molecule has 2 aromatic carbocycles. The lowest BCUT2D eigenvalue weighted by atomic mass is 10.0. The third-order valence-corrected chi connectivity index (χ3v) is 4.16. The molecular formula is C17H17N3O. The molecule has 0 aliphatic heterocycles. The van der Waals surface area contributed by atoms with Crippen molar-refractivity contribution >= 4 is 16.5 Å². The molecule has 1 heterocycles. The molecule has 21 heavy (non-hydrogen) atoms. The molecule has 0 amide bonds. The zero-order chi connectivity index (χ0) is 14.4. The van der Waals surface area contributed by atoms with Crippen molar-refractivity contribution in [1.82, 2.24) is 10.1 Å². The highest BCUT2D eigenvalue weighted by molar-refractivity contribution is 5.99. The summed E-state index contributed by atoms with van der Waals surface area (Å²) >= 11 is 0. The summed E-state index contributed by atoms with van der Waals surface area (Å²) < 4.78 is 5.25. The fourth-order valence-corrected chi connectivity index (χ4v) is 3.16. The van der Waals surface area contributed by atoms with Crippen LogP contribution in [0.3, 0.4) is 0 Å². The molecule has 0 unspecified atom stereocenters. The van der Waals surface area contributed by atoms with Crippen LogP contribution in [0.1, 0.15) is 35.8 Å². The number of rotatable bonds is 3. The quantitative estimate of drug-likeness (QED) is 0.792. The van der Waals surface area contributed by atoms with E-state index in [-0.39, 0.29) is 6.04 Å². The highest BCUT2D eigenvalue weighted by Gasteiger charge is 2.18. The number of hydrogen-bond acceptors (Lipinski definition) is 4. The Labute approximate surface area is 123 Å². The second-order valence-corrected chi connectivity index (χ2v) is 5.66. The van der Waals surface area contributed by atoms with E-state index < -0.39 is 0 Å². The van der Waals surface area contributed by atoms with E-state index in [1.54, 1.807) is 0 Å². The molecular weight excluding hydrogens is 262 g/mol. The minimum Gasteiger partial charge on any atom is -0.373 e. The van der Waals surface area contributed by atoms with Crippen LogP contribution in [0.4, 0.5) is 5.69 Å². The van der Waals surface area contributed by atoms with Gasteiger partial charge in [-0.15, -0.1) is 0 Å². The van der Waals surface area contributed by atoms with Gasteiger partial charge in [-0.05, 0) is 49.3 Å². The van der Waals surface area contributed by atoms with Crippen molar-refractivity contribution in [3.05, 3.63) is 53.2 Å². The van der Waals surface area contributed by atoms with Gasteiger partial charge in [-0.25, -0.2) is 0 Å². The van der Waals surface area contributed by atoms with Gasteiger partial charge in [-0.1, -0.05) is 29.4 Å². The highest BCUT2D eigenvalue weighted by atomic mass is 16.5. The smallest absolute Gasteiger partial charge is 0.248 e.